The van der Waals surface area contributed by atoms with Crippen LogP contribution < -0.4 is 9.64 Å². The van der Waals surface area contributed by atoms with Crippen molar-refractivity contribution in [2.24, 2.45) is 0 Å². The standard InChI is InChI=1S/C22H29N3O3/c1-17-4-9-21(28-3)18(14-17)15-23(2)16-22(27)25-12-10-24(11-13-25)19-5-7-20(26)8-6-19/h4-9,14,26H,10-13,15-16H2,1-3H3. The molecule has 28 heavy (non-hydrogen) atoms. The van der Waals surface area contributed by atoms with Crippen molar-refractivity contribution in [1.82, 2.24) is 9.80 Å². The van der Waals surface area contributed by atoms with Crippen LogP contribution in [-0.4, -0.2) is 67.7 Å². The molecule has 1 amide bonds. The van der Waals surface area contributed by atoms with Crippen molar-refractivity contribution in [3.05, 3.63) is 53.6 Å². The van der Waals surface area contributed by atoms with E-state index < -0.39 is 0 Å². The third-order valence-electron chi connectivity index (χ3n) is 5.13. The van der Waals surface area contributed by atoms with Gasteiger partial charge in [-0.3, -0.25) is 9.69 Å². The Morgan fingerprint density at radius 3 is 2.43 bits per heavy atom. The van der Waals surface area contributed by atoms with Gasteiger partial charge in [0, 0.05) is 44.0 Å². The minimum Gasteiger partial charge on any atom is -0.508 e. The predicted molar refractivity (Wildman–Crippen MR) is 111 cm³/mol. The van der Waals surface area contributed by atoms with E-state index in [0.29, 0.717) is 26.2 Å². The lowest BCUT2D eigenvalue weighted by Crippen LogP contribution is -2.51. The molecule has 0 saturated carbocycles. The van der Waals surface area contributed by atoms with Crippen LogP contribution >= 0.6 is 0 Å². The first-order chi connectivity index (χ1) is 13.5. The Morgan fingerprint density at radius 2 is 1.79 bits per heavy atom. The van der Waals surface area contributed by atoms with Gasteiger partial charge in [-0.1, -0.05) is 17.7 Å². The van der Waals surface area contributed by atoms with E-state index >= 15 is 0 Å². The van der Waals surface area contributed by atoms with Crippen molar-refractivity contribution in [2.45, 2.75) is 13.5 Å². The van der Waals surface area contributed by atoms with Crippen LogP contribution in [0.15, 0.2) is 42.5 Å². The van der Waals surface area contributed by atoms with Gasteiger partial charge in [0.15, 0.2) is 0 Å². The number of hydrogen-bond donors (Lipinski definition) is 1. The number of aromatic hydroxyl groups is 1. The van der Waals surface area contributed by atoms with Crippen LogP contribution in [-0.2, 0) is 11.3 Å². The van der Waals surface area contributed by atoms with Gasteiger partial charge in [0.05, 0.1) is 13.7 Å². The van der Waals surface area contributed by atoms with E-state index in [4.69, 9.17) is 4.74 Å². The van der Waals surface area contributed by atoms with Crippen LogP contribution in [0.2, 0.25) is 0 Å². The molecule has 0 unspecified atom stereocenters. The smallest absolute Gasteiger partial charge is 0.236 e. The number of aryl methyl sites for hydroxylation is 1. The number of phenolic OH excluding ortho intramolecular Hbond substituents is 1. The Hall–Kier alpha value is -2.73. The number of amides is 1. The number of ether oxygens (including phenoxy) is 1. The average Bonchev–Trinajstić information content (AvgIpc) is 2.69. The van der Waals surface area contributed by atoms with E-state index in [1.165, 1.54) is 5.56 Å². The SMILES string of the molecule is COc1ccc(C)cc1CN(C)CC(=O)N1CCN(c2ccc(O)cc2)CC1. The van der Waals surface area contributed by atoms with Crippen LogP contribution in [0.3, 0.4) is 0 Å². The first kappa shape index (κ1) is 20.0. The second-order valence-electron chi connectivity index (χ2n) is 7.37. The minimum atomic E-state index is 0.152. The maximum absolute atomic E-state index is 12.7. The van der Waals surface area contributed by atoms with Crippen molar-refractivity contribution in [2.75, 3.05) is 51.8 Å². The zero-order valence-electron chi connectivity index (χ0n) is 16.9. The molecule has 0 bridgehead atoms. The quantitative estimate of drug-likeness (QED) is 0.831. The van der Waals surface area contributed by atoms with Gasteiger partial charge in [0.1, 0.15) is 11.5 Å². The Bertz CT molecular complexity index is 799. The molecule has 6 heteroatoms. The van der Waals surface area contributed by atoms with Crippen molar-refractivity contribution in [3.8, 4) is 11.5 Å². The molecule has 2 aromatic carbocycles. The fourth-order valence-electron chi connectivity index (χ4n) is 3.59. The highest BCUT2D eigenvalue weighted by atomic mass is 16.5. The largest absolute Gasteiger partial charge is 0.508 e. The molecule has 1 N–H and O–H groups in total. The Kier molecular flexibility index (Phi) is 6.41. The molecular weight excluding hydrogens is 354 g/mol. The number of hydrogen-bond acceptors (Lipinski definition) is 5. The monoisotopic (exact) mass is 383 g/mol. The van der Waals surface area contributed by atoms with Crippen molar-refractivity contribution < 1.29 is 14.6 Å². The number of likely N-dealkylation sites (N-methyl/N-ethyl adjacent to an activating group) is 1. The highest BCUT2D eigenvalue weighted by molar-refractivity contribution is 5.78. The summed E-state index contributed by atoms with van der Waals surface area (Å²) in [5, 5.41) is 9.42. The molecule has 150 valence electrons. The molecule has 3 rings (SSSR count). The molecule has 2 aromatic rings. The topological polar surface area (TPSA) is 56.2 Å². The van der Waals surface area contributed by atoms with Crippen LogP contribution in [0.1, 0.15) is 11.1 Å². The zero-order valence-corrected chi connectivity index (χ0v) is 16.9. The highest BCUT2D eigenvalue weighted by Gasteiger charge is 2.22. The highest BCUT2D eigenvalue weighted by Crippen LogP contribution is 2.22. The number of methoxy groups -OCH3 is 1. The van der Waals surface area contributed by atoms with Gasteiger partial charge in [-0.05, 0) is 44.3 Å². The van der Waals surface area contributed by atoms with Gasteiger partial charge in [-0.15, -0.1) is 0 Å². The number of benzene rings is 2. The minimum absolute atomic E-state index is 0.152. The fraction of sp³-hybridized carbons (Fsp3) is 0.409. The number of rotatable bonds is 6. The van der Waals surface area contributed by atoms with Gasteiger partial charge in [0.2, 0.25) is 5.91 Å². The molecule has 0 spiro atoms. The first-order valence-corrected chi connectivity index (χ1v) is 9.60. The summed E-state index contributed by atoms with van der Waals surface area (Å²) in [7, 11) is 3.64. The maximum atomic E-state index is 12.7. The van der Waals surface area contributed by atoms with Crippen LogP contribution in [0, 0.1) is 6.92 Å². The normalized spacial score (nSPS) is 14.4. The number of piperazine rings is 1. The summed E-state index contributed by atoms with van der Waals surface area (Å²) >= 11 is 0. The third kappa shape index (κ3) is 4.95. The lowest BCUT2D eigenvalue weighted by molar-refractivity contribution is -0.132. The van der Waals surface area contributed by atoms with Crippen LogP contribution in [0.5, 0.6) is 11.5 Å². The molecular formula is C22H29N3O3. The van der Waals surface area contributed by atoms with Crippen LogP contribution in [0.4, 0.5) is 5.69 Å². The third-order valence-corrected chi connectivity index (χ3v) is 5.13. The maximum Gasteiger partial charge on any atom is 0.236 e. The molecule has 1 fully saturated rings. The summed E-state index contributed by atoms with van der Waals surface area (Å²) in [5.41, 5.74) is 3.35. The summed E-state index contributed by atoms with van der Waals surface area (Å²) in [6.07, 6.45) is 0. The summed E-state index contributed by atoms with van der Waals surface area (Å²) in [6, 6.07) is 13.3. The van der Waals surface area contributed by atoms with Crippen molar-refractivity contribution >= 4 is 11.6 Å². The molecule has 1 heterocycles. The van der Waals surface area contributed by atoms with Gasteiger partial charge in [-0.25, -0.2) is 0 Å². The predicted octanol–water partition coefficient (Wildman–Crippen LogP) is 2.49. The van der Waals surface area contributed by atoms with Crippen molar-refractivity contribution in [1.29, 1.82) is 0 Å². The number of phenols is 1. The van der Waals surface area contributed by atoms with Gasteiger partial charge in [0.25, 0.3) is 0 Å². The van der Waals surface area contributed by atoms with E-state index in [0.717, 1.165) is 30.1 Å². The Morgan fingerprint density at radius 1 is 1.11 bits per heavy atom. The summed E-state index contributed by atoms with van der Waals surface area (Å²) in [5.74, 6) is 1.28. The number of anilines is 1. The summed E-state index contributed by atoms with van der Waals surface area (Å²) < 4.78 is 5.44. The number of nitrogens with zero attached hydrogens (tertiary/aromatic N) is 3. The molecule has 0 aliphatic carbocycles. The van der Waals surface area contributed by atoms with Gasteiger partial charge in [-0.2, -0.15) is 0 Å². The van der Waals surface area contributed by atoms with E-state index in [2.05, 4.69) is 17.9 Å². The first-order valence-electron chi connectivity index (χ1n) is 9.60. The van der Waals surface area contributed by atoms with E-state index in [1.807, 2.05) is 41.1 Å². The molecule has 0 aromatic heterocycles. The molecule has 0 atom stereocenters. The molecule has 6 nitrogen and oxygen atoms in total. The summed E-state index contributed by atoms with van der Waals surface area (Å²) in [6.45, 7) is 6.13. The lowest BCUT2D eigenvalue weighted by atomic mass is 10.1. The van der Waals surface area contributed by atoms with E-state index in [9.17, 15) is 9.90 Å². The van der Waals surface area contributed by atoms with E-state index in [1.54, 1.807) is 19.2 Å². The second kappa shape index (κ2) is 8.97. The molecule has 0 radical (unpaired) electrons. The molecule has 1 aliphatic heterocycles. The van der Waals surface area contributed by atoms with Gasteiger partial charge < -0.3 is 19.6 Å². The number of carbonyl (C=O) groups is 1. The summed E-state index contributed by atoms with van der Waals surface area (Å²) in [4.78, 5) is 18.9. The second-order valence-corrected chi connectivity index (χ2v) is 7.37. The molecule has 1 aliphatic rings. The van der Waals surface area contributed by atoms with Crippen molar-refractivity contribution in [3.63, 3.8) is 0 Å². The fourth-order valence-corrected chi connectivity index (χ4v) is 3.59. The Labute approximate surface area is 166 Å². The van der Waals surface area contributed by atoms with E-state index in [-0.39, 0.29) is 11.7 Å². The Balaban J connectivity index is 1.51. The average molecular weight is 383 g/mol. The molecule has 1 saturated heterocycles. The van der Waals surface area contributed by atoms with Gasteiger partial charge >= 0.3 is 0 Å². The number of carbonyl (C=O) groups excluding carboxylic acids is 1. The lowest BCUT2D eigenvalue weighted by Gasteiger charge is -2.36. The zero-order chi connectivity index (χ0) is 20.1. The van der Waals surface area contributed by atoms with Crippen LogP contribution in [0.25, 0.3) is 0 Å².